The molecule has 0 aromatic heterocycles. The zero-order valence-electron chi connectivity index (χ0n) is 8.05. The summed E-state index contributed by atoms with van der Waals surface area (Å²) in [5.74, 6) is -0.726. The van der Waals surface area contributed by atoms with Crippen LogP contribution in [0.4, 0.5) is 0 Å². The summed E-state index contributed by atoms with van der Waals surface area (Å²) in [6, 6.07) is 0.350. The Balaban J connectivity index is 2.27. The SMILES string of the molecule is CC1NCC2(C(=O)O)CCC1(C)N2. The van der Waals surface area contributed by atoms with E-state index in [4.69, 9.17) is 5.11 Å². The summed E-state index contributed by atoms with van der Waals surface area (Å²) in [6.07, 6.45) is 1.67. The van der Waals surface area contributed by atoms with Crippen LogP contribution in [0.2, 0.25) is 0 Å². The van der Waals surface area contributed by atoms with E-state index in [0.29, 0.717) is 12.6 Å². The maximum atomic E-state index is 11.1. The number of aliphatic carboxylic acids is 1. The molecule has 0 radical (unpaired) electrons. The molecule has 2 aliphatic heterocycles. The number of fused-ring (bicyclic) bond motifs is 2. The first-order valence-corrected chi connectivity index (χ1v) is 4.75. The molecule has 2 bridgehead atoms. The fraction of sp³-hybridized carbons (Fsp3) is 0.889. The molecular weight excluding hydrogens is 168 g/mol. The lowest BCUT2D eigenvalue weighted by molar-refractivity contribution is -0.145. The van der Waals surface area contributed by atoms with Gasteiger partial charge in [0.25, 0.3) is 0 Å². The standard InChI is InChI=1S/C9H16N2O2/c1-6-8(2)3-4-9(11-8,5-10-6)7(12)13/h6,10-11H,3-5H2,1-2H3,(H,12,13). The number of hydrogen-bond donors (Lipinski definition) is 3. The fourth-order valence-electron chi connectivity index (χ4n) is 2.39. The number of nitrogens with one attached hydrogen (secondary N) is 2. The Morgan fingerprint density at radius 3 is 2.85 bits per heavy atom. The maximum absolute atomic E-state index is 11.1. The van der Waals surface area contributed by atoms with Gasteiger partial charge in [-0.3, -0.25) is 10.1 Å². The molecule has 2 saturated heterocycles. The third-order valence-electron chi connectivity index (χ3n) is 3.67. The van der Waals surface area contributed by atoms with E-state index in [1.807, 2.05) is 0 Å². The Bertz CT molecular complexity index is 252. The highest BCUT2D eigenvalue weighted by molar-refractivity contribution is 5.80. The minimum absolute atomic E-state index is 0.0450. The van der Waals surface area contributed by atoms with Crippen molar-refractivity contribution in [2.75, 3.05) is 6.54 Å². The van der Waals surface area contributed by atoms with Gasteiger partial charge in [-0.25, -0.2) is 0 Å². The van der Waals surface area contributed by atoms with Gasteiger partial charge in [-0.05, 0) is 26.7 Å². The van der Waals surface area contributed by atoms with E-state index in [0.717, 1.165) is 12.8 Å². The van der Waals surface area contributed by atoms with Crippen molar-refractivity contribution in [1.29, 1.82) is 0 Å². The third-order valence-corrected chi connectivity index (χ3v) is 3.67. The van der Waals surface area contributed by atoms with E-state index in [-0.39, 0.29) is 5.54 Å². The molecule has 2 rings (SSSR count). The Kier molecular flexibility index (Phi) is 1.69. The quantitative estimate of drug-likeness (QED) is 0.534. The van der Waals surface area contributed by atoms with E-state index in [2.05, 4.69) is 24.5 Å². The van der Waals surface area contributed by atoms with Gasteiger partial charge in [0, 0.05) is 18.1 Å². The van der Waals surface area contributed by atoms with Crippen LogP contribution in [0.3, 0.4) is 0 Å². The summed E-state index contributed by atoms with van der Waals surface area (Å²) in [6.45, 7) is 4.73. The summed E-state index contributed by atoms with van der Waals surface area (Å²) in [7, 11) is 0. The number of hydrogen-bond acceptors (Lipinski definition) is 3. The first kappa shape index (κ1) is 8.97. The molecule has 4 nitrogen and oxygen atoms in total. The molecule has 13 heavy (non-hydrogen) atoms. The molecule has 2 heterocycles. The molecule has 3 N–H and O–H groups in total. The van der Waals surface area contributed by atoms with E-state index >= 15 is 0 Å². The van der Waals surface area contributed by atoms with Crippen LogP contribution in [0.25, 0.3) is 0 Å². The summed E-state index contributed by atoms with van der Waals surface area (Å²) < 4.78 is 0. The molecule has 3 unspecified atom stereocenters. The van der Waals surface area contributed by atoms with E-state index in [9.17, 15) is 4.79 Å². The second-order valence-electron chi connectivity index (χ2n) is 4.53. The van der Waals surface area contributed by atoms with Gasteiger partial charge in [0.1, 0.15) is 5.54 Å². The highest BCUT2D eigenvalue weighted by Crippen LogP contribution is 2.36. The van der Waals surface area contributed by atoms with Crippen LogP contribution < -0.4 is 10.6 Å². The van der Waals surface area contributed by atoms with Gasteiger partial charge in [0.05, 0.1) is 0 Å². The lowest BCUT2D eigenvalue weighted by Crippen LogP contribution is -2.70. The molecule has 0 aromatic carbocycles. The Hall–Kier alpha value is -0.610. The number of carboxylic acid groups (broad SMARTS) is 1. The summed E-state index contributed by atoms with van der Waals surface area (Å²) >= 11 is 0. The fourth-order valence-corrected chi connectivity index (χ4v) is 2.39. The second-order valence-corrected chi connectivity index (χ2v) is 4.53. The van der Waals surface area contributed by atoms with Crippen molar-refractivity contribution in [3.8, 4) is 0 Å². The van der Waals surface area contributed by atoms with Gasteiger partial charge >= 0.3 is 5.97 Å². The minimum atomic E-state index is -0.726. The van der Waals surface area contributed by atoms with Crippen LogP contribution in [0.5, 0.6) is 0 Å². The topological polar surface area (TPSA) is 61.4 Å². The molecule has 0 amide bonds. The average molecular weight is 184 g/mol. The van der Waals surface area contributed by atoms with Crippen LogP contribution in [0.1, 0.15) is 26.7 Å². The number of rotatable bonds is 1. The second kappa shape index (κ2) is 2.45. The van der Waals surface area contributed by atoms with E-state index in [1.165, 1.54) is 0 Å². The lowest BCUT2D eigenvalue weighted by atomic mass is 9.91. The van der Waals surface area contributed by atoms with Gasteiger partial charge in [-0.2, -0.15) is 0 Å². The average Bonchev–Trinajstić information content (AvgIpc) is 2.36. The van der Waals surface area contributed by atoms with E-state index in [1.54, 1.807) is 0 Å². The Morgan fingerprint density at radius 2 is 2.23 bits per heavy atom. The molecule has 0 saturated carbocycles. The molecule has 3 atom stereocenters. The van der Waals surface area contributed by atoms with Crippen molar-refractivity contribution in [3.05, 3.63) is 0 Å². The third kappa shape index (κ3) is 1.09. The predicted octanol–water partition coefficient (Wildman–Crippen LogP) is -0.0564. The minimum Gasteiger partial charge on any atom is -0.480 e. The van der Waals surface area contributed by atoms with Gasteiger partial charge in [0.15, 0.2) is 0 Å². The highest BCUT2D eigenvalue weighted by Gasteiger charge is 2.55. The zero-order chi connectivity index (χ0) is 9.69. The van der Waals surface area contributed by atoms with E-state index < -0.39 is 11.5 Å². The molecule has 0 aromatic rings. The largest absolute Gasteiger partial charge is 0.480 e. The van der Waals surface area contributed by atoms with Crippen molar-refractivity contribution in [2.45, 2.75) is 43.8 Å². The molecule has 0 aliphatic carbocycles. The first-order chi connectivity index (χ1) is 5.99. The summed E-state index contributed by atoms with van der Waals surface area (Å²) in [5.41, 5.74) is -0.752. The molecule has 74 valence electrons. The van der Waals surface area contributed by atoms with Crippen molar-refractivity contribution in [2.24, 2.45) is 0 Å². The summed E-state index contributed by atoms with van der Waals surface area (Å²) in [5, 5.41) is 15.6. The molecular formula is C9H16N2O2. The van der Waals surface area contributed by atoms with Crippen LogP contribution in [-0.4, -0.2) is 34.7 Å². The highest BCUT2D eigenvalue weighted by atomic mass is 16.4. The van der Waals surface area contributed by atoms with Crippen molar-refractivity contribution < 1.29 is 9.90 Å². The van der Waals surface area contributed by atoms with Crippen molar-refractivity contribution in [1.82, 2.24) is 10.6 Å². The van der Waals surface area contributed by atoms with Gasteiger partial charge in [0.2, 0.25) is 0 Å². The van der Waals surface area contributed by atoms with Gasteiger partial charge < -0.3 is 10.4 Å². The van der Waals surface area contributed by atoms with Gasteiger partial charge in [-0.15, -0.1) is 0 Å². The maximum Gasteiger partial charge on any atom is 0.325 e. The summed E-state index contributed by atoms with van der Waals surface area (Å²) in [4.78, 5) is 11.1. The number of piperazine rings is 1. The van der Waals surface area contributed by atoms with Crippen LogP contribution >= 0.6 is 0 Å². The zero-order valence-corrected chi connectivity index (χ0v) is 8.05. The predicted molar refractivity (Wildman–Crippen MR) is 48.6 cm³/mol. The Morgan fingerprint density at radius 1 is 1.54 bits per heavy atom. The molecule has 2 aliphatic rings. The lowest BCUT2D eigenvalue weighted by Gasteiger charge is -2.42. The first-order valence-electron chi connectivity index (χ1n) is 4.75. The van der Waals surface area contributed by atoms with Crippen LogP contribution in [-0.2, 0) is 4.79 Å². The van der Waals surface area contributed by atoms with Crippen LogP contribution in [0, 0.1) is 0 Å². The number of carbonyl (C=O) groups is 1. The van der Waals surface area contributed by atoms with Crippen molar-refractivity contribution >= 4 is 5.97 Å². The molecule has 4 heteroatoms. The molecule has 2 fully saturated rings. The van der Waals surface area contributed by atoms with Gasteiger partial charge in [-0.1, -0.05) is 0 Å². The smallest absolute Gasteiger partial charge is 0.325 e. The van der Waals surface area contributed by atoms with Crippen molar-refractivity contribution in [3.63, 3.8) is 0 Å². The van der Waals surface area contributed by atoms with Crippen LogP contribution in [0.15, 0.2) is 0 Å². The normalized spacial score (nSPS) is 49.2. The monoisotopic (exact) mass is 184 g/mol. The molecule has 0 spiro atoms. The Labute approximate surface area is 77.7 Å². The number of carboxylic acids is 1.